The largest absolute Gasteiger partial charge is 0.333 e. The highest BCUT2D eigenvalue weighted by atomic mass is 35.5. The molecule has 0 saturated carbocycles. The van der Waals surface area contributed by atoms with Crippen molar-refractivity contribution in [2.75, 3.05) is 18.8 Å². The topological polar surface area (TPSA) is 32.3 Å². The van der Waals surface area contributed by atoms with Crippen LogP contribution in [-0.4, -0.2) is 29.8 Å². The van der Waals surface area contributed by atoms with Crippen LogP contribution in [0.5, 0.6) is 0 Å². The van der Waals surface area contributed by atoms with Crippen molar-refractivity contribution in [1.29, 1.82) is 0 Å². The molecule has 1 aliphatic heterocycles. The highest BCUT2D eigenvalue weighted by Gasteiger charge is 2.23. The third kappa shape index (κ3) is 4.43. The van der Waals surface area contributed by atoms with E-state index < -0.39 is 0 Å². The zero-order valence-corrected chi connectivity index (χ0v) is 15.1. The Bertz CT molecular complexity index is 648. The molecule has 1 aromatic heterocycles. The third-order valence-corrected chi connectivity index (χ3v) is 6.41. The maximum absolute atomic E-state index is 12.3. The highest BCUT2D eigenvalue weighted by Crippen LogP contribution is 2.37. The Labute approximate surface area is 150 Å². The van der Waals surface area contributed by atoms with E-state index in [9.17, 15) is 4.79 Å². The molecular weight excluding hydrogens is 348 g/mol. The molecule has 0 aliphatic carbocycles. The minimum atomic E-state index is 0.0267. The molecule has 2 heterocycles. The second-order valence-corrected chi connectivity index (χ2v) is 8.14. The lowest BCUT2D eigenvalue weighted by Gasteiger charge is -2.21. The van der Waals surface area contributed by atoms with Gasteiger partial charge in [-0.3, -0.25) is 0 Å². The molecule has 3 rings (SSSR count). The smallest absolute Gasteiger partial charge is 0.317 e. The summed E-state index contributed by atoms with van der Waals surface area (Å²) in [4.78, 5) is 15.4. The molecule has 2 amide bonds. The van der Waals surface area contributed by atoms with Crippen molar-refractivity contribution in [2.24, 2.45) is 0 Å². The van der Waals surface area contributed by atoms with Gasteiger partial charge in [0, 0.05) is 34.0 Å². The molecule has 1 N–H and O–H groups in total. The number of thioether (sulfide) groups is 1. The van der Waals surface area contributed by atoms with Crippen molar-refractivity contribution in [3.05, 3.63) is 57.2 Å². The summed E-state index contributed by atoms with van der Waals surface area (Å²) in [6.45, 7) is 2.15. The molecule has 0 radical (unpaired) electrons. The number of thiophene rings is 1. The molecule has 23 heavy (non-hydrogen) atoms. The Morgan fingerprint density at radius 2 is 2.13 bits per heavy atom. The van der Waals surface area contributed by atoms with E-state index in [0.29, 0.717) is 11.8 Å². The zero-order chi connectivity index (χ0) is 16.1. The molecule has 1 atom stereocenters. The lowest BCUT2D eigenvalue weighted by atomic mass is 10.1. The third-order valence-electron chi connectivity index (χ3n) is 3.87. The number of carbonyl (C=O) groups is 1. The second-order valence-electron chi connectivity index (χ2n) is 5.39. The van der Waals surface area contributed by atoms with Gasteiger partial charge in [-0.1, -0.05) is 35.9 Å². The lowest BCUT2D eigenvalue weighted by molar-refractivity contribution is 0.201. The first kappa shape index (κ1) is 16.7. The predicted octanol–water partition coefficient (Wildman–Crippen LogP) is 4.79. The number of halogens is 1. The van der Waals surface area contributed by atoms with Gasteiger partial charge in [0.15, 0.2) is 0 Å². The minimum absolute atomic E-state index is 0.0267. The Balaban J connectivity index is 1.55. The Kier molecular flexibility index (Phi) is 5.86. The van der Waals surface area contributed by atoms with Crippen molar-refractivity contribution >= 4 is 40.7 Å². The van der Waals surface area contributed by atoms with Gasteiger partial charge in [0.2, 0.25) is 0 Å². The average molecular weight is 367 g/mol. The molecule has 0 spiro atoms. The summed E-state index contributed by atoms with van der Waals surface area (Å²) in [5.41, 5.74) is 1.18. The van der Waals surface area contributed by atoms with E-state index in [1.807, 2.05) is 52.4 Å². The lowest BCUT2D eigenvalue weighted by Crippen LogP contribution is -2.40. The molecule has 1 fully saturated rings. The van der Waals surface area contributed by atoms with Gasteiger partial charge < -0.3 is 10.2 Å². The highest BCUT2D eigenvalue weighted by molar-refractivity contribution is 7.99. The maximum Gasteiger partial charge on any atom is 0.317 e. The van der Waals surface area contributed by atoms with Crippen LogP contribution in [-0.2, 0) is 6.54 Å². The van der Waals surface area contributed by atoms with E-state index in [1.54, 1.807) is 11.3 Å². The first-order valence-electron chi connectivity index (χ1n) is 7.65. The van der Waals surface area contributed by atoms with Crippen LogP contribution in [0.1, 0.15) is 22.1 Å². The van der Waals surface area contributed by atoms with Crippen LogP contribution in [0.4, 0.5) is 4.79 Å². The summed E-state index contributed by atoms with van der Waals surface area (Å²) in [6.07, 6.45) is 0.931. The average Bonchev–Trinajstić information content (AvgIpc) is 2.96. The number of carbonyl (C=O) groups excluding carboxylic acids is 1. The SMILES string of the molecule is O=C(NCc1cccs1)N1CCSC(c2ccccc2Cl)CC1. The van der Waals surface area contributed by atoms with Gasteiger partial charge in [-0.05, 0) is 29.5 Å². The number of hydrogen-bond donors (Lipinski definition) is 1. The number of rotatable bonds is 3. The Morgan fingerprint density at radius 1 is 1.26 bits per heavy atom. The number of amides is 2. The summed E-state index contributed by atoms with van der Waals surface area (Å²) >= 11 is 9.86. The number of hydrogen-bond acceptors (Lipinski definition) is 3. The van der Waals surface area contributed by atoms with Gasteiger partial charge in [-0.2, -0.15) is 11.8 Å². The summed E-state index contributed by atoms with van der Waals surface area (Å²) < 4.78 is 0. The molecule has 1 aromatic carbocycles. The predicted molar refractivity (Wildman–Crippen MR) is 99.4 cm³/mol. The van der Waals surface area contributed by atoms with Crippen molar-refractivity contribution < 1.29 is 4.79 Å². The number of urea groups is 1. The molecule has 3 nitrogen and oxygen atoms in total. The molecule has 6 heteroatoms. The number of benzene rings is 1. The van der Waals surface area contributed by atoms with Gasteiger partial charge in [0.1, 0.15) is 0 Å². The monoisotopic (exact) mass is 366 g/mol. The van der Waals surface area contributed by atoms with E-state index >= 15 is 0 Å². The molecule has 0 bridgehead atoms. The van der Waals surface area contributed by atoms with Gasteiger partial charge in [0.05, 0.1) is 6.54 Å². The maximum atomic E-state index is 12.3. The van der Waals surface area contributed by atoms with Gasteiger partial charge in [-0.15, -0.1) is 11.3 Å². The van der Waals surface area contributed by atoms with Crippen molar-refractivity contribution in [3.8, 4) is 0 Å². The van der Waals surface area contributed by atoms with E-state index in [1.165, 1.54) is 10.4 Å². The fraction of sp³-hybridized carbons (Fsp3) is 0.353. The summed E-state index contributed by atoms with van der Waals surface area (Å²) in [5.74, 6) is 0.933. The Morgan fingerprint density at radius 3 is 2.91 bits per heavy atom. The normalized spacial score (nSPS) is 18.5. The zero-order valence-electron chi connectivity index (χ0n) is 12.7. The Hall–Kier alpha value is -1.17. The minimum Gasteiger partial charge on any atom is -0.333 e. The van der Waals surface area contributed by atoms with Crippen LogP contribution < -0.4 is 5.32 Å². The molecular formula is C17H19ClN2OS2. The summed E-state index contributed by atoms with van der Waals surface area (Å²) in [7, 11) is 0. The van der Waals surface area contributed by atoms with E-state index in [-0.39, 0.29) is 6.03 Å². The fourth-order valence-electron chi connectivity index (χ4n) is 2.65. The fourth-order valence-corrected chi connectivity index (χ4v) is 4.89. The first-order valence-corrected chi connectivity index (χ1v) is 9.96. The van der Waals surface area contributed by atoms with Crippen molar-refractivity contribution in [2.45, 2.75) is 18.2 Å². The van der Waals surface area contributed by atoms with Crippen LogP contribution in [0.3, 0.4) is 0 Å². The van der Waals surface area contributed by atoms with Gasteiger partial charge in [-0.25, -0.2) is 4.79 Å². The van der Waals surface area contributed by atoms with E-state index in [4.69, 9.17) is 11.6 Å². The van der Waals surface area contributed by atoms with Crippen LogP contribution in [0.25, 0.3) is 0 Å². The molecule has 2 aromatic rings. The number of nitrogens with one attached hydrogen (secondary N) is 1. The van der Waals surface area contributed by atoms with Gasteiger partial charge >= 0.3 is 6.03 Å². The second kappa shape index (κ2) is 8.08. The first-order chi connectivity index (χ1) is 11.2. The quantitative estimate of drug-likeness (QED) is 0.846. The van der Waals surface area contributed by atoms with E-state index in [2.05, 4.69) is 11.4 Å². The summed E-state index contributed by atoms with van der Waals surface area (Å²) in [6, 6.07) is 12.1. The molecule has 122 valence electrons. The standard InChI is InChI=1S/C17H19ClN2OS2/c18-15-6-2-1-5-14(15)16-7-8-20(9-11-23-16)17(21)19-12-13-4-3-10-22-13/h1-6,10,16H,7-9,11-12H2,(H,19,21). The van der Waals surface area contributed by atoms with E-state index in [0.717, 1.165) is 30.3 Å². The molecule has 1 aliphatic rings. The van der Waals surface area contributed by atoms with Crippen LogP contribution >= 0.6 is 34.7 Å². The van der Waals surface area contributed by atoms with Gasteiger partial charge in [0.25, 0.3) is 0 Å². The van der Waals surface area contributed by atoms with Crippen LogP contribution in [0.2, 0.25) is 5.02 Å². The van der Waals surface area contributed by atoms with Crippen LogP contribution in [0, 0.1) is 0 Å². The van der Waals surface area contributed by atoms with Crippen molar-refractivity contribution in [3.63, 3.8) is 0 Å². The van der Waals surface area contributed by atoms with Crippen LogP contribution in [0.15, 0.2) is 41.8 Å². The molecule has 1 saturated heterocycles. The summed E-state index contributed by atoms with van der Waals surface area (Å²) in [5, 5.41) is 6.22. The van der Waals surface area contributed by atoms with Crippen molar-refractivity contribution in [1.82, 2.24) is 10.2 Å². The number of nitrogens with zero attached hydrogens (tertiary/aromatic N) is 1. The molecule has 1 unspecified atom stereocenters.